The molecule has 10 heavy (non-hydrogen) atoms. The highest BCUT2D eigenvalue weighted by Crippen LogP contribution is 2.63. The van der Waals surface area contributed by atoms with Crippen LogP contribution in [0.4, 0.5) is 8.39 Å². The molecule has 1 N–H and O–H groups in total. The third-order valence-electron chi connectivity index (χ3n) is 1.34. The quantitative estimate of drug-likeness (QED) is 0.647. The van der Waals surface area contributed by atoms with Crippen molar-refractivity contribution < 1.29 is 13.3 Å². The van der Waals surface area contributed by atoms with Crippen molar-refractivity contribution in [2.75, 3.05) is 0 Å². The summed E-state index contributed by atoms with van der Waals surface area (Å²) < 4.78 is 24.3. The summed E-state index contributed by atoms with van der Waals surface area (Å²) in [6, 6.07) is 0. The molecule has 0 aromatic heterocycles. The standard InChI is InChI=1S/C6H14F2OP/c1-5(2)4-6(3)10(7,8)9/h5-6,9H,4H2,1-3H3/q+1. The van der Waals surface area contributed by atoms with Crippen LogP contribution in [0.25, 0.3) is 0 Å². The lowest BCUT2D eigenvalue weighted by Crippen LogP contribution is -2.06. The molecular formula is C6H14F2OP+. The lowest BCUT2D eigenvalue weighted by atomic mass is 10.1. The van der Waals surface area contributed by atoms with Crippen LogP contribution in [0.1, 0.15) is 27.2 Å². The van der Waals surface area contributed by atoms with Crippen molar-refractivity contribution in [3.05, 3.63) is 0 Å². The zero-order chi connectivity index (χ0) is 8.36. The Balaban J connectivity index is 3.73. The van der Waals surface area contributed by atoms with Crippen molar-refractivity contribution in [1.29, 1.82) is 0 Å². The summed E-state index contributed by atoms with van der Waals surface area (Å²) in [4.78, 5) is 8.31. The van der Waals surface area contributed by atoms with E-state index >= 15 is 0 Å². The lowest BCUT2D eigenvalue weighted by Gasteiger charge is -2.09. The van der Waals surface area contributed by atoms with E-state index in [1.54, 1.807) is 0 Å². The van der Waals surface area contributed by atoms with Gasteiger partial charge < -0.3 is 0 Å². The Morgan fingerprint density at radius 3 is 1.80 bits per heavy atom. The molecule has 0 aromatic rings. The molecule has 0 aromatic carbocycles. The normalized spacial score (nSPS) is 15.9. The largest absolute Gasteiger partial charge is 0.520 e. The van der Waals surface area contributed by atoms with E-state index in [1.807, 2.05) is 13.8 Å². The predicted octanol–water partition coefficient (Wildman–Crippen LogP) is 3.11. The van der Waals surface area contributed by atoms with E-state index in [4.69, 9.17) is 4.89 Å². The van der Waals surface area contributed by atoms with Gasteiger partial charge in [-0.25, -0.2) is 0 Å². The number of hydrogen-bond acceptors (Lipinski definition) is 1. The Labute approximate surface area is 61.1 Å². The Kier molecular flexibility index (Phi) is 3.68. The summed E-state index contributed by atoms with van der Waals surface area (Å²) in [5.74, 6) is 0.230. The van der Waals surface area contributed by atoms with Gasteiger partial charge in [0.1, 0.15) is 0 Å². The second-order valence-electron chi connectivity index (χ2n) is 3.00. The molecule has 0 aliphatic carbocycles. The summed E-state index contributed by atoms with van der Waals surface area (Å²) in [6.45, 7) is 5.13. The van der Waals surface area contributed by atoms with Crippen molar-refractivity contribution in [3.63, 3.8) is 0 Å². The van der Waals surface area contributed by atoms with Gasteiger partial charge in [0.15, 0.2) is 5.66 Å². The van der Waals surface area contributed by atoms with Crippen LogP contribution in [-0.4, -0.2) is 10.6 Å². The van der Waals surface area contributed by atoms with Gasteiger partial charge in [-0.15, -0.1) is 0 Å². The predicted molar refractivity (Wildman–Crippen MR) is 40.3 cm³/mol. The molecule has 0 saturated heterocycles. The fourth-order valence-electron chi connectivity index (χ4n) is 0.809. The first-order chi connectivity index (χ1) is 4.34. The molecule has 0 spiro atoms. The summed E-state index contributed by atoms with van der Waals surface area (Å²) in [6.07, 6.45) is 0.400. The third kappa shape index (κ3) is 4.13. The van der Waals surface area contributed by atoms with Crippen molar-refractivity contribution in [2.24, 2.45) is 5.92 Å². The van der Waals surface area contributed by atoms with Gasteiger partial charge in [-0.2, -0.15) is 4.89 Å². The van der Waals surface area contributed by atoms with Crippen LogP contribution in [0.15, 0.2) is 0 Å². The molecule has 1 nitrogen and oxygen atoms in total. The fraction of sp³-hybridized carbons (Fsp3) is 1.00. The Hall–Kier alpha value is 0.250. The second kappa shape index (κ2) is 3.59. The van der Waals surface area contributed by atoms with Crippen LogP contribution in [0.3, 0.4) is 0 Å². The lowest BCUT2D eigenvalue weighted by molar-refractivity contribution is 0.426. The minimum absolute atomic E-state index is 0.230. The highest BCUT2D eigenvalue weighted by molar-refractivity contribution is 7.60. The van der Waals surface area contributed by atoms with E-state index in [1.165, 1.54) is 6.92 Å². The summed E-state index contributed by atoms with van der Waals surface area (Å²) in [7, 11) is -4.56. The number of rotatable bonds is 3. The maximum atomic E-state index is 12.1. The molecule has 1 atom stereocenters. The summed E-state index contributed by atoms with van der Waals surface area (Å²) in [5.41, 5.74) is -0.826. The molecule has 1 unspecified atom stereocenters. The first-order valence-corrected chi connectivity index (χ1v) is 4.94. The molecule has 0 aliphatic rings. The Bertz CT molecular complexity index is 100. The molecule has 0 saturated carbocycles. The highest BCUT2D eigenvalue weighted by Gasteiger charge is 2.46. The highest BCUT2D eigenvalue weighted by atomic mass is 31.3. The van der Waals surface area contributed by atoms with E-state index in [0.29, 0.717) is 6.42 Å². The van der Waals surface area contributed by atoms with Crippen molar-refractivity contribution >= 4 is 8.11 Å². The Morgan fingerprint density at radius 1 is 1.30 bits per heavy atom. The zero-order valence-corrected chi connectivity index (χ0v) is 7.41. The molecule has 0 aliphatic heterocycles. The first kappa shape index (κ1) is 10.2. The average molecular weight is 171 g/mol. The zero-order valence-electron chi connectivity index (χ0n) is 6.51. The van der Waals surface area contributed by atoms with Gasteiger partial charge >= 0.3 is 8.11 Å². The number of hydrogen-bond donors (Lipinski definition) is 1. The molecule has 0 bridgehead atoms. The van der Waals surface area contributed by atoms with Crippen LogP contribution in [0, 0.1) is 5.92 Å². The van der Waals surface area contributed by atoms with Crippen molar-refractivity contribution in [2.45, 2.75) is 32.9 Å². The van der Waals surface area contributed by atoms with Crippen LogP contribution in [0.5, 0.6) is 0 Å². The second-order valence-corrected chi connectivity index (χ2v) is 4.94. The van der Waals surface area contributed by atoms with Gasteiger partial charge in [-0.3, -0.25) is 0 Å². The van der Waals surface area contributed by atoms with Gasteiger partial charge in [-0.1, -0.05) is 13.8 Å². The van der Waals surface area contributed by atoms with Crippen molar-refractivity contribution in [3.8, 4) is 0 Å². The molecule has 0 fully saturated rings. The monoisotopic (exact) mass is 171 g/mol. The van der Waals surface area contributed by atoms with Gasteiger partial charge in [-0.05, 0) is 19.3 Å². The fourth-order valence-corrected chi connectivity index (χ4v) is 1.48. The first-order valence-electron chi connectivity index (χ1n) is 3.34. The molecular weight excluding hydrogens is 157 g/mol. The van der Waals surface area contributed by atoms with Crippen LogP contribution in [0.2, 0.25) is 0 Å². The Morgan fingerprint density at radius 2 is 1.70 bits per heavy atom. The minimum atomic E-state index is -4.56. The minimum Gasteiger partial charge on any atom is -0.184 e. The molecule has 0 heterocycles. The van der Waals surface area contributed by atoms with Gasteiger partial charge in [0.2, 0.25) is 0 Å². The van der Waals surface area contributed by atoms with Crippen LogP contribution >= 0.6 is 8.11 Å². The topological polar surface area (TPSA) is 20.2 Å². The maximum absolute atomic E-state index is 12.1. The molecule has 0 rings (SSSR count). The van der Waals surface area contributed by atoms with E-state index in [2.05, 4.69) is 0 Å². The molecule has 4 heteroatoms. The van der Waals surface area contributed by atoms with Gasteiger partial charge in [0.25, 0.3) is 0 Å². The summed E-state index contributed by atoms with van der Waals surface area (Å²) in [5, 5.41) is 0. The van der Waals surface area contributed by atoms with E-state index < -0.39 is 13.8 Å². The van der Waals surface area contributed by atoms with Crippen LogP contribution < -0.4 is 0 Å². The van der Waals surface area contributed by atoms with Gasteiger partial charge in [0, 0.05) is 8.39 Å². The third-order valence-corrected chi connectivity index (χ3v) is 2.61. The van der Waals surface area contributed by atoms with Crippen LogP contribution in [-0.2, 0) is 0 Å². The smallest absolute Gasteiger partial charge is 0.184 e. The number of halogens is 2. The van der Waals surface area contributed by atoms with Crippen molar-refractivity contribution in [1.82, 2.24) is 0 Å². The summed E-state index contributed by atoms with van der Waals surface area (Å²) >= 11 is 0. The van der Waals surface area contributed by atoms with E-state index in [-0.39, 0.29) is 5.92 Å². The SMILES string of the molecule is CC(C)CC(C)[P+](O)(F)F. The molecule has 62 valence electrons. The van der Waals surface area contributed by atoms with Gasteiger partial charge in [0.05, 0.1) is 0 Å². The molecule has 0 amide bonds. The molecule has 0 radical (unpaired) electrons. The average Bonchev–Trinajstić information content (AvgIpc) is 1.60. The van der Waals surface area contributed by atoms with E-state index in [9.17, 15) is 8.39 Å². The van der Waals surface area contributed by atoms with E-state index in [0.717, 1.165) is 0 Å². The maximum Gasteiger partial charge on any atom is 0.520 e.